The maximum absolute atomic E-state index is 11.6. The van der Waals surface area contributed by atoms with Gasteiger partial charge in [-0.15, -0.1) is 0 Å². The van der Waals surface area contributed by atoms with Crippen molar-refractivity contribution in [1.29, 1.82) is 0 Å². The summed E-state index contributed by atoms with van der Waals surface area (Å²) in [7, 11) is 3.76. The van der Waals surface area contributed by atoms with Crippen molar-refractivity contribution < 1.29 is 19.4 Å². The maximum atomic E-state index is 11.6. The Hall–Kier alpha value is -2.26. The summed E-state index contributed by atoms with van der Waals surface area (Å²) in [5.74, 6) is 0.287. The van der Waals surface area contributed by atoms with E-state index in [2.05, 4.69) is 15.0 Å². The number of ether oxygens (including phenoxy) is 2. The Morgan fingerprint density at radius 3 is 2.96 bits per heavy atom. The van der Waals surface area contributed by atoms with E-state index in [1.54, 1.807) is 10.9 Å². The Morgan fingerprint density at radius 1 is 1.39 bits per heavy atom. The average molecular weight is 319 g/mol. The van der Waals surface area contributed by atoms with Crippen LogP contribution in [0.5, 0.6) is 0 Å². The second-order valence-corrected chi connectivity index (χ2v) is 5.99. The summed E-state index contributed by atoms with van der Waals surface area (Å²) < 4.78 is 13.0. The van der Waals surface area contributed by atoms with Crippen LogP contribution in [0.15, 0.2) is 12.7 Å². The molecule has 0 unspecified atom stereocenters. The number of hydrogen-bond donors (Lipinski definition) is 1. The third kappa shape index (κ3) is 2.07. The summed E-state index contributed by atoms with van der Waals surface area (Å²) in [5.41, 5.74) is 1.25. The van der Waals surface area contributed by atoms with E-state index in [1.165, 1.54) is 6.33 Å². The van der Waals surface area contributed by atoms with E-state index in [-0.39, 0.29) is 24.9 Å². The van der Waals surface area contributed by atoms with Crippen LogP contribution in [-0.2, 0) is 14.3 Å². The quantitative estimate of drug-likeness (QED) is 0.770. The van der Waals surface area contributed by atoms with E-state index in [4.69, 9.17) is 9.47 Å². The van der Waals surface area contributed by atoms with Gasteiger partial charge in [0.25, 0.3) is 0 Å². The van der Waals surface area contributed by atoms with Gasteiger partial charge in [0.1, 0.15) is 6.33 Å². The largest absolute Gasteiger partial charge is 0.457 e. The first-order chi connectivity index (χ1) is 11.1. The summed E-state index contributed by atoms with van der Waals surface area (Å²) in [6, 6.07) is 0. The molecule has 2 saturated heterocycles. The third-order valence-electron chi connectivity index (χ3n) is 4.38. The Balaban J connectivity index is 1.78. The third-order valence-corrected chi connectivity index (χ3v) is 4.38. The highest BCUT2D eigenvalue weighted by Crippen LogP contribution is 2.43. The monoisotopic (exact) mass is 319 g/mol. The summed E-state index contributed by atoms with van der Waals surface area (Å²) in [5, 5.41) is 9.50. The number of carbonyl (C=O) groups excluding carboxylic acids is 1. The molecule has 0 bridgehead atoms. The van der Waals surface area contributed by atoms with Crippen molar-refractivity contribution in [3.63, 3.8) is 0 Å². The number of imidazole rings is 1. The number of carbonyl (C=O) groups is 1. The number of aromatic nitrogens is 4. The van der Waals surface area contributed by atoms with E-state index >= 15 is 0 Å². The highest BCUT2D eigenvalue weighted by Gasteiger charge is 2.52. The van der Waals surface area contributed by atoms with Gasteiger partial charge in [-0.1, -0.05) is 0 Å². The summed E-state index contributed by atoms with van der Waals surface area (Å²) in [4.78, 5) is 26.4. The Kier molecular flexibility index (Phi) is 3.20. The summed E-state index contributed by atoms with van der Waals surface area (Å²) in [6.07, 6.45) is 1.93. The lowest BCUT2D eigenvalue weighted by atomic mass is 9.97. The number of esters is 1. The molecular formula is C14H17N5O4. The van der Waals surface area contributed by atoms with Crippen molar-refractivity contribution >= 4 is 23.0 Å². The molecule has 1 N–H and O–H groups in total. The van der Waals surface area contributed by atoms with E-state index in [0.29, 0.717) is 17.0 Å². The molecule has 0 amide bonds. The lowest BCUT2D eigenvalue weighted by molar-refractivity contribution is -0.149. The molecule has 2 aliphatic heterocycles. The van der Waals surface area contributed by atoms with Crippen LogP contribution in [0.2, 0.25) is 0 Å². The van der Waals surface area contributed by atoms with E-state index in [0.717, 1.165) is 0 Å². The molecule has 2 fully saturated rings. The van der Waals surface area contributed by atoms with Crippen molar-refractivity contribution in [2.45, 2.75) is 24.9 Å². The standard InChI is InChI=1S/C14H17N5O4/c1-18(2)12-10-13(16-5-15-12)19(6-17-10)14-11-7(3-9(21)23-11)8(4-20)22-14/h5-8,11,14,20H,3-4H2,1-2H3/t7-,8+,11+,14+/m0/s1. The first-order valence-corrected chi connectivity index (χ1v) is 7.41. The van der Waals surface area contributed by atoms with Gasteiger partial charge in [-0.2, -0.15) is 0 Å². The number of nitrogens with zero attached hydrogens (tertiary/aromatic N) is 5. The van der Waals surface area contributed by atoms with Crippen molar-refractivity contribution in [2.24, 2.45) is 5.92 Å². The highest BCUT2D eigenvalue weighted by molar-refractivity contribution is 5.83. The number of anilines is 1. The van der Waals surface area contributed by atoms with Gasteiger partial charge in [0.15, 0.2) is 29.3 Å². The van der Waals surface area contributed by atoms with E-state index < -0.39 is 18.4 Å². The molecular weight excluding hydrogens is 302 g/mol. The molecule has 23 heavy (non-hydrogen) atoms. The Bertz CT molecular complexity index is 761. The van der Waals surface area contributed by atoms with Crippen LogP contribution in [0.4, 0.5) is 5.82 Å². The fourth-order valence-corrected chi connectivity index (χ4v) is 3.32. The van der Waals surface area contributed by atoms with Gasteiger partial charge >= 0.3 is 5.97 Å². The molecule has 2 aliphatic rings. The zero-order valence-corrected chi connectivity index (χ0v) is 12.8. The van der Waals surface area contributed by atoms with Crippen LogP contribution in [0, 0.1) is 5.92 Å². The van der Waals surface area contributed by atoms with Crippen LogP contribution in [-0.4, -0.2) is 63.5 Å². The molecule has 122 valence electrons. The normalized spacial score (nSPS) is 29.8. The molecule has 4 rings (SSSR count). The maximum Gasteiger partial charge on any atom is 0.306 e. The molecule has 0 saturated carbocycles. The predicted molar refractivity (Wildman–Crippen MR) is 78.6 cm³/mol. The molecule has 9 heteroatoms. The number of aliphatic hydroxyl groups excluding tert-OH is 1. The lowest BCUT2D eigenvalue weighted by Gasteiger charge is -2.18. The number of rotatable bonds is 3. The van der Waals surface area contributed by atoms with Gasteiger partial charge in [-0.3, -0.25) is 9.36 Å². The topological polar surface area (TPSA) is 103 Å². The number of hydrogen-bond acceptors (Lipinski definition) is 8. The molecule has 4 heterocycles. The second-order valence-electron chi connectivity index (χ2n) is 5.99. The molecule has 2 aromatic rings. The SMILES string of the molecule is CN(C)c1ncnc2c1ncn2[C@@H]1O[C@H](CO)[C@@H]2CC(=O)O[C@H]21. The summed E-state index contributed by atoms with van der Waals surface area (Å²) >= 11 is 0. The summed E-state index contributed by atoms with van der Waals surface area (Å²) in [6.45, 7) is -0.154. The zero-order valence-electron chi connectivity index (χ0n) is 12.8. The number of fused-ring (bicyclic) bond motifs is 2. The smallest absolute Gasteiger partial charge is 0.306 e. The van der Waals surface area contributed by atoms with E-state index in [9.17, 15) is 9.90 Å². The first-order valence-electron chi connectivity index (χ1n) is 7.41. The molecule has 4 atom stereocenters. The van der Waals surface area contributed by atoms with Gasteiger partial charge in [0, 0.05) is 20.0 Å². The van der Waals surface area contributed by atoms with Crippen LogP contribution in [0.25, 0.3) is 11.2 Å². The molecule has 0 aromatic carbocycles. The van der Waals surface area contributed by atoms with Gasteiger partial charge in [0.05, 0.1) is 25.5 Å². The van der Waals surface area contributed by atoms with Crippen molar-refractivity contribution in [3.8, 4) is 0 Å². The van der Waals surface area contributed by atoms with Gasteiger partial charge in [0.2, 0.25) is 0 Å². The van der Waals surface area contributed by atoms with E-state index in [1.807, 2.05) is 19.0 Å². The van der Waals surface area contributed by atoms with Crippen LogP contribution < -0.4 is 4.90 Å². The lowest BCUT2D eigenvalue weighted by Crippen LogP contribution is -2.24. The van der Waals surface area contributed by atoms with Crippen LogP contribution >= 0.6 is 0 Å². The molecule has 2 aromatic heterocycles. The average Bonchev–Trinajstić information content (AvgIpc) is 3.19. The zero-order chi connectivity index (χ0) is 16.1. The molecule has 0 radical (unpaired) electrons. The minimum absolute atomic E-state index is 0.148. The van der Waals surface area contributed by atoms with Gasteiger partial charge in [-0.05, 0) is 0 Å². The van der Waals surface area contributed by atoms with Gasteiger partial charge < -0.3 is 19.5 Å². The fourth-order valence-electron chi connectivity index (χ4n) is 3.32. The van der Waals surface area contributed by atoms with Crippen LogP contribution in [0.1, 0.15) is 12.6 Å². The Morgan fingerprint density at radius 2 is 2.22 bits per heavy atom. The molecule has 0 aliphatic carbocycles. The minimum Gasteiger partial charge on any atom is -0.457 e. The van der Waals surface area contributed by atoms with Crippen molar-refractivity contribution in [1.82, 2.24) is 19.5 Å². The van der Waals surface area contributed by atoms with Crippen LogP contribution in [0.3, 0.4) is 0 Å². The van der Waals surface area contributed by atoms with Crippen molar-refractivity contribution in [2.75, 3.05) is 25.6 Å². The predicted octanol–water partition coefficient (Wildman–Crippen LogP) is -0.286. The molecule has 0 spiro atoms. The minimum atomic E-state index is -0.543. The van der Waals surface area contributed by atoms with Gasteiger partial charge in [-0.25, -0.2) is 15.0 Å². The first kappa shape index (κ1) is 14.3. The van der Waals surface area contributed by atoms with Crippen molar-refractivity contribution in [3.05, 3.63) is 12.7 Å². The molecule has 9 nitrogen and oxygen atoms in total. The second kappa shape index (κ2) is 5.14. The highest BCUT2D eigenvalue weighted by atomic mass is 16.6. The Labute approximate surface area is 131 Å². The number of aliphatic hydroxyl groups is 1. The fraction of sp³-hybridized carbons (Fsp3) is 0.571.